The molecule has 1 atom stereocenters. The minimum atomic E-state index is -3.71. The van der Waals surface area contributed by atoms with Crippen LogP contribution in [0.15, 0.2) is 59.5 Å². The summed E-state index contributed by atoms with van der Waals surface area (Å²) in [7, 11) is -3.71. The Hall–Kier alpha value is -2.18. The number of hydrogen-bond donors (Lipinski definition) is 1. The predicted molar refractivity (Wildman–Crippen MR) is 88.7 cm³/mol. The maximum atomic E-state index is 12.6. The van der Waals surface area contributed by atoms with Gasteiger partial charge in [-0.1, -0.05) is 36.4 Å². The summed E-state index contributed by atoms with van der Waals surface area (Å²) in [5, 5.41) is 0. The van der Waals surface area contributed by atoms with E-state index in [0.717, 1.165) is 17.7 Å². The molecule has 0 radical (unpaired) electrons. The highest BCUT2D eigenvalue weighted by atomic mass is 32.2. The van der Waals surface area contributed by atoms with Crippen LogP contribution in [0.4, 0.5) is 5.69 Å². The molecule has 1 aliphatic rings. The minimum Gasteiger partial charge on any atom is -0.310 e. The van der Waals surface area contributed by atoms with Gasteiger partial charge in [0.2, 0.25) is 15.9 Å². The summed E-state index contributed by atoms with van der Waals surface area (Å²) in [4.78, 5) is 14.4. The molecule has 0 fully saturated rings. The Morgan fingerprint density at radius 2 is 1.74 bits per heavy atom. The molecular formula is C17H18N2O3S. The third-order valence-electron chi connectivity index (χ3n) is 3.91. The Balaban J connectivity index is 1.77. The van der Waals surface area contributed by atoms with Crippen molar-refractivity contribution in [1.82, 2.24) is 4.72 Å². The fourth-order valence-corrected chi connectivity index (χ4v) is 3.97. The number of benzene rings is 2. The zero-order valence-electron chi connectivity index (χ0n) is 12.8. The van der Waals surface area contributed by atoms with Crippen LogP contribution >= 0.6 is 0 Å². The van der Waals surface area contributed by atoms with Crippen molar-refractivity contribution in [2.24, 2.45) is 0 Å². The van der Waals surface area contributed by atoms with E-state index in [9.17, 15) is 13.2 Å². The van der Waals surface area contributed by atoms with Gasteiger partial charge >= 0.3 is 0 Å². The monoisotopic (exact) mass is 330 g/mol. The third kappa shape index (κ3) is 3.13. The number of hydrogen-bond acceptors (Lipinski definition) is 3. The molecule has 0 bridgehead atoms. The van der Waals surface area contributed by atoms with E-state index in [1.807, 2.05) is 24.3 Å². The number of sulfonamides is 1. The molecular weight excluding hydrogens is 312 g/mol. The highest BCUT2D eigenvalue weighted by Crippen LogP contribution is 2.28. The molecule has 3 rings (SSSR count). The average molecular weight is 330 g/mol. The van der Waals surface area contributed by atoms with Crippen molar-refractivity contribution in [2.75, 3.05) is 11.4 Å². The molecule has 2 aromatic rings. The van der Waals surface area contributed by atoms with Crippen LogP contribution in [0.3, 0.4) is 0 Å². The maximum Gasteiger partial charge on any atom is 0.244 e. The van der Waals surface area contributed by atoms with E-state index in [4.69, 9.17) is 0 Å². The van der Waals surface area contributed by atoms with Crippen molar-refractivity contribution in [3.8, 4) is 0 Å². The van der Waals surface area contributed by atoms with Crippen LogP contribution < -0.4 is 9.62 Å². The van der Waals surface area contributed by atoms with E-state index in [1.54, 1.807) is 30.0 Å². The van der Waals surface area contributed by atoms with Crippen molar-refractivity contribution >= 4 is 21.6 Å². The predicted octanol–water partition coefficient (Wildman–Crippen LogP) is 1.94. The van der Waals surface area contributed by atoms with Crippen LogP contribution in [0.2, 0.25) is 0 Å². The first-order valence-electron chi connectivity index (χ1n) is 7.46. The molecule has 0 saturated heterocycles. The van der Waals surface area contributed by atoms with E-state index in [-0.39, 0.29) is 10.8 Å². The number of para-hydroxylation sites is 1. The number of carbonyl (C=O) groups excluding carboxylic acids is 1. The molecule has 0 spiro atoms. The highest BCUT2D eigenvalue weighted by molar-refractivity contribution is 7.89. The number of carbonyl (C=O) groups is 1. The van der Waals surface area contributed by atoms with Gasteiger partial charge in [0.25, 0.3) is 0 Å². The number of fused-ring (bicyclic) bond motifs is 1. The minimum absolute atomic E-state index is 0.154. The standard InChI is InChI=1S/C17H18N2O3S/c1-13(18-23(21,22)15-8-3-2-4-9-15)17(20)19-12-11-14-7-5-6-10-16(14)19/h2-10,13,18H,11-12H2,1H3/t13-/m0/s1. The molecule has 5 nitrogen and oxygen atoms in total. The lowest BCUT2D eigenvalue weighted by molar-refractivity contribution is -0.119. The Bertz CT molecular complexity index is 819. The molecule has 1 amide bonds. The van der Waals surface area contributed by atoms with E-state index in [1.165, 1.54) is 12.1 Å². The second-order valence-electron chi connectivity index (χ2n) is 5.52. The van der Waals surface area contributed by atoms with Crippen LogP contribution in [0.1, 0.15) is 12.5 Å². The smallest absolute Gasteiger partial charge is 0.244 e. The van der Waals surface area contributed by atoms with Gasteiger partial charge in [-0.25, -0.2) is 8.42 Å². The van der Waals surface area contributed by atoms with Crippen LogP contribution in [0, 0.1) is 0 Å². The van der Waals surface area contributed by atoms with Gasteiger partial charge in [-0.05, 0) is 37.1 Å². The average Bonchev–Trinajstić information content (AvgIpc) is 2.98. The fraction of sp³-hybridized carbons (Fsp3) is 0.235. The summed E-state index contributed by atoms with van der Waals surface area (Å²) >= 11 is 0. The van der Waals surface area contributed by atoms with Crippen molar-refractivity contribution < 1.29 is 13.2 Å². The zero-order valence-corrected chi connectivity index (χ0v) is 13.6. The van der Waals surface area contributed by atoms with Crippen LogP contribution in [-0.4, -0.2) is 26.9 Å². The molecule has 0 aromatic heterocycles. The molecule has 120 valence electrons. The highest BCUT2D eigenvalue weighted by Gasteiger charge is 2.30. The first-order chi connectivity index (χ1) is 11.0. The summed E-state index contributed by atoms with van der Waals surface area (Å²) in [5.41, 5.74) is 1.97. The quantitative estimate of drug-likeness (QED) is 0.932. The Kier molecular flexibility index (Phi) is 4.19. The van der Waals surface area contributed by atoms with Gasteiger partial charge in [0.1, 0.15) is 0 Å². The van der Waals surface area contributed by atoms with Crippen molar-refractivity contribution in [3.63, 3.8) is 0 Å². The first kappa shape index (κ1) is 15.7. The molecule has 6 heteroatoms. The number of nitrogens with zero attached hydrogens (tertiary/aromatic N) is 1. The molecule has 0 aliphatic carbocycles. The molecule has 0 unspecified atom stereocenters. The maximum absolute atomic E-state index is 12.6. The number of rotatable bonds is 4. The SMILES string of the molecule is C[C@H](NS(=O)(=O)c1ccccc1)C(=O)N1CCc2ccccc21. The van der Waals surface area contributed by atoms with Crippen LogP contribution in [0.25, 0.3) is 0 Å². The lowest BCUT2D eigenvalue weighted by Crippen LogP contribution is -2.46. The number of amides is 1. The second-order valence-corrected chi connectivity index (χ2v) is 7.24. The number of anilines is 1. The van der Waals surface area contributed by atoms with Gasteiger partial charge < -0.3 is 4.90 Å². The topological polar surface area (TPSA) is 66.5 Å². The molecule has 23 heavy (non-hydrogen) atoms. The fourth-order valence-electron chi connectivity index (χ4n) is 2.75. The summed E-state index contributed by atoms with van der Waals surface area (Å²) in [6.45, 7) is 2.15. The molecule has 0 saturated carbocycles. The molecule has 1 heterocycles. The van der Waals surface area contributed by atoms with Crippen LogP contribution in [0.5, 0.6) is 0 Å². The van der Waals surface area contributed by atoms with Crippen LogP contribution in [-0.2, 0) is 21.2 Å². The first-order valence-corrected chi connectivity index (χ1v) is 8.94. The summed E-state index contributed by atoms with van der Waals surface area (Å²) < 4.78 is 27.1. The Morgan fingerprint density at radius 1 is 1.09 bits per heavy atom. The second kappa shape index (κ2) is 6.14. The third-order valence-corrected chi connectivity index (χ3v) is 5.47. The van der Waals surface area contributed by atoms with Gasteiger partial charge in [0.05, 0.1) is 10.9 Å². The molecule has 1 aliphatic heterocycles. The van der Waals surface area contributed by atoms with Gasteiger partial charge in [-0.3, -0.25) is 4.79 Å². The van der Waals surface area contributed by atoms with E-state index in [2.05, 4.69) is 4.72 Å². The molecule has 2 aromatic carbocycles. The van der Waals surface area contributed by atoms with Crippen molar-refractivity contribution in [2.45, 2.75) is 24.3 Å². The van der Waals surface area contributed by atoms with E-state index < -0.39 is 16.1 Å². The van der Waals surface area contributed by atoms with Crippen molar-refractivity contribution in [3.05, 3.63) is 60.2 Å². The van der Waals surface area contributed by atoms with Crippen molar-refractivity contribution in [1.29, 1.82) is 0 Å². The number of nitrogens with one attached hydrogen (secondary N) is 1. The zero-order chi connectivity index (χ0) is 16.4. The lowest BCUT2D eigenvalue weighted by atomic mass is 10.2. The van der Waals surface area contributed by atoms with E-state index in [0.29, 0.717) is 6.54 Å². The van der Waals surface area contributed by atoms with E-state index >= 15 is 0 Å². The summed E-state index contributed by atoms with van der Waals surface area (Å²) in [6, 6.07) is 14.9. The Labute approximate surface area is 136 Å². The lowest BCUT2D eigenvalue weighted by Gasteiger charge is -2.22. The van der Waals surface area contributed by atoms with Gasteiger partial charge in [0.15, 0.2) is 0 Å². The summed E-state index contributed by atoms with van der Waals surface area (Å²) in [5.74, 6) is -0.241. The van der Waals surface area contributed by atoms with Gasteiger partial charge in [-0.15, -0.1) is 0 Å². The molecule has 1 N–H and O–H groups in total. The summed E-state index contributed by atoms with van der Waals surface area (Å²) in [6.07, 6.45) is 0.792. The normalized spacial score (nSPS) is 15.3. The Morgan fingerprint density at radius 3 is 2.48 bits per heavy atom. The van der Waals surface area contributed by atoms with Gasteiger partial charge in [-0.2, -0.15) is 4.72 Å². The largest absolute Gasteiger partial charge is 0.310 e. The van der Waals surface area contributed by atoms with Gasteiger partial charge in [0, 0.05) is 12.2 Å².